The van der Waals surface area contributed by atoms with Crippen LogP contribution in [0.4, 0.5) is 0 Å². The molecule has 0 fully saturated rings. The fourth-order valence-electron chi connectivity index (χ4n) is 2.81. The monoisotopic (exact) mass is 273 g/mol. The number of rotatable bonds is 5. The van der Waals surface area contributed by atoms with E-state index in [1.807, 2.05) is 22.9 Å². The van der Waals surface area contributed by atoms with Gasteiger partial charge >= 0.3 is 0 Å². The quantitative estimate of drug-likeness (QED) is 0.911. The Balaban J connectivity index is 2.53. The van der Waals surface area contributed by atoms with Crippen LogP contribution in [0.1, 0.15) is 35.5 Å². The zero-order valence-electron chi connectivity index (χ0n) is 12.7. The second-order valence-electron chi connectivity index (χ2n) is 4.94. The number of benzene rings is 1. The Bertz CT molecular complexity index is 589. The van der Waals surface area contributed by atoms with E-state index in [1.54, 1.807) is 7.11 Å². The van der Waals surface area contributed by atoms with Crippen molar-refractivity contribution in [3.05, 3.63) is 46.8 Å². The summed E-state index contributed by atoms with van der Waals surface area (Å²) in [6, 6.07) is 8.00. The van der Waals surface area contributed by atoms with Crippen molar-refractivity contribution in [2.45, 2.75) is 33.2 Å². The second kappa shape index (κ2) is 6.09. The number of hydrogen-bond acceptors (Lipinski definition) is 3. The summed E-state index contributed by atoms with van der Waals surface area (Å²) in [6.45, 7) is 6.81. The molecule has 0 saturated carbocycles. The molecule has 4 nitrogen and oxygen atoms in total. The van der Waals surface area contributed by atoms with Crippen LogP contribution in [0.15, 0.2) is 24.3 Å². The number of methoxy groups -OCH3 is 1. The van der Waals surface area contributed by atoms with Crippen LogP contribution in [0.3, 0.4) is 0 Å². The van der Waals surface area contributed by atoms with Gasteiger partial charge in [0, 0.05) is 17.8 Å². The maximum atomic E-state index is 6.01. The highest BCUT2D eigenvalue weighted by molar-refractivity contribution is 5.37. The van der Waals surface area contributed by atoms with Crippen LogP contribution >= 0.6 is 0 Å². The predicted octanol–water partition coefficient (Wildman–Crippen LogP) is 2.62. The Morgan fingerprint density at radius 3 is 2.55 bits per heavy atom. The molecule has 4 heteroatoms. The van der Waals surface area contributed by atoms with Crippen LogP contribution in [0, 0.1) is 13.8 Å². The number of para-hydroxylation sites is 1. The number of aromatic nitrogens is 2. The average molecular weight is 273 g/mol. The fourth-order valence-corrected chi connectivity index (χ4v) is 2.81. The molecular formula is C16H23N3O. The SMILES string of the molecule is CCc1c(C)nn(C(CN)c2ccccc2OC)c1C. The average Bonchev–Trinajstić information content (AvgIpc) is 2.75. The van der Waals surface area contributed by atoms with Crippen LogP contribution in [-0.2, 0) is 6.42 Å². The molecule has 0 aliphatic rings. The summed E-state index contributed by atoms with van der Waals surface area (Å²) in [5.74, 6) is 0.855. The van der Waals surface area contributed by atoms with E-state index < -0.39 is 0 Å². The van der Waals surface area contributed by atoms with Gasteiger partial charge in [-0.25, -0.2) is 0 Å². The van der Waals surface area contributed by atoms with E-state index in [4.69, 9.17) is 10.5 Å². The first-order chi connectivity index (χ1) is 9.63. The smallest absolute Gasteiger partial charge is 0.124 e. The first-order valence-corrected chi connectivity index (χ1v) is 7.01. The topological polar surface area (TPSA) is 53.1 Å². The molecule has 1 aromatic carbocycles. The van der Waals surface area contributed by atoms with Crippen molar-refractivity contribution in [3.63, 3.8) is 0 Å². The van der Waals surface area contributed by atoms with Gasteiger partial charge in [-0.3, -0.25) is 4.68 Å². The van der Waals surface area contributed by atoms with Gasteiger partial charge in [-0.05, 0) is 31.9 Å². The Morgan fingerprint density at radius 1 is 1.30 bits per heavy atom. The van der Waals surface area contributed by atoms with E-state index in [-0.39, 0.29) is 6.04 Å². The third kappa shape index (κ3) is 2.43. The van der Waals surface area contributed by atoms with Crippen LogP contribution in [-0.4, -0.2) is 23.4 Å². The first kappa shape index (κ1) is 14.6. The summed E-state index contributed by atoms with van der Waals surface area (Å²) in [5, 5.41) is 4.69. The lowest BCUT2D eigenvalue weighted by Gasteiger charge is -2.20. The van der Waals surface area contributed by atoms with E-state index >= 15 is 0 Å². The number of ether oxygens (including phenoxy) is 1. The van der Waals surface area contributed by atoms with Gasteiger partial charge < -0.3 is 10.5 Å². The zero-order valence-corrected chi connectivity index (χ0v) is 12.7. The van der Waals surface area contributed by atoms with Gasteiger partial charge in [0.15, 0.2) is 0 Å². The lowest BCUT2D eigenvalue weighted by Crippen LogP contribution is -2.23. The van der Waals surface area contributed by atoms with Gasteiger partial charge in [-0.15, -0.1) is 0 Å². The summed E-state index contributed by atoms with van der Waals surface area (Å²) < 4.78 is 7.49. The standard InChI is InChI=1S/C16H23N3O/c1-5-13-11(2)18-19(12(13)3)15(10-17)14-8-6-7-9-16(14)20-4/h6-9,15H,5,10,17H2,1-4H3. The van der Waals surface area contributed by atoms with E-state index in [0.29, 0.717) is 6.54 Å². The van der Waals surface area contributed by atoms with Crippen LogP contribution < -0.4 is 10.5 Å². The molecule has 0 radical (unpaired) electrons. The van der Waals surface area contributed by atoms with E-state index in [0.717, 1.165) is 23.4 Å². The largest absolute Gasteiger partial charge is 0.496 e. The van der Waals surface area contributed by atoms with E-state index in [1.165, 1.54) is 11.3 Å². The molecule has 0 aliphatic carbocycles. The van der Waals surface area contributed by atoms with Gasteiger partial charge in [-0.1, -0.05) is 25.1 Å². The molecule has 0 saturated heterocycles. The van der Waals surface area contributed by atoms with Crippen molar-refractivity contribution in [2.24, 2.45) is 5.73 Å². The lowest BCUT2D eigenvalue weighted by atomic mass is 10.1. The number of nitrogens with zero attached hydrogens (tertiary/aromatic N) is 2. The third-order valence-corrected chi connectivity index (χ3v) is 3.84. The molecule has 0 spiro atoms. The van der Waals surface area contributed by atoms with Crippen LogP contribution in [0.2, 0.25) is 0 Å². The number of aryl methyl sites for hydroxylation is 1. The molecule has 1 unspecified atom stereocenters. The fraction of sp³-hybridized carbons (Fsp3) is 0.438. The van der Waals surface area contributed by atoms with Crippen LogP contribution in [0.5, 0.6) is 5.75 Å². The van der Waals surface area contributed by atoms with Crippen molar-refractivity contribution >= 4 is 0 Å². The van der Waals surface area contributed by atoms with Gasteiger partial charge in [-0.2, -0.15) is 5.10 Å². The Hall–Kier alpha value is -1.81. The number of nitrogens with two attached hydrogens (primary N) is 1. The maximum Gasteiger partial charge on any atom is 0.124 e. The first-order valence-electron chi connectivity index (χ1n) is 7.01. The molecule has 0 bridgehead atoms. The Labute approximate surface area is 120 Å². The summed E-state index contributed by atoms with van der Waals surface area (Å²) in [7, 11) is 1.69. The highest BCUT2D eigenvalue weighted by Gasteiger charge is 2.21. The van der Waals surface area contributed by atoms with Crippen molar-refractivity contribution in [1.29, 1.82) is 0 Å². The molecule has 0 aliphatic heterocycles. The molecule has 2 N–H and O–H groups in total. The summed E-state index contributed by atoms with van der Waals surface area (Å²) in [6.07, 6.45) is 0.987. The van der Waals surface area contributed by atoms with Gasteiger partial charge in [0.2, 0.25) is 0 Å². The summed E-state index contributed by atoms with van der Waals surface area (Å²) >= 11 is 0. The minimum atomic E-state index is 0.00477. The van der Waals surface area contributed by atoms with Crippen molar-refractivity contribution < 1.29 is 4.74 Å². The Morgan fingerprint density at radius 2 is 2.00 bits per heavy atom. The van der Waals surface area contributed by atoms with Crippen molar-refractivity contribution in [3.8, 4) is 5.75 Å². The molecule has 20 heavy (non-hydrogen) atoms. The minimum absolute atomic E-state index is 0.00477. The van der Waals surface area contributed by atoms with Gasteiger partial charge in [0.1, 0.15) is 5.75 Å². The summed E-state index contributed by atoms with van der Waals surface area (Å²) in [4.78, 5) is 0. The predicted molar refractivity (Wildman–Crippen MR) is 81.3 cm³/mol. The molecule has 2 rings (SSSR count). The zero-order chi connectivity index (χ0) is 14.7. The lowest BCUT2D eigenvalue weighted by molar-refractivity contribution is 0.397. The highest BCUT2D eigenvalue weighted by atomic mass is 16.5. The molecule has 1 atom stereocenters. The molecule has 108 valence electrons. The molecule has 1 aromatic heterocycles. The van der Waals surface area contributed by atoms with E-state index in [2.05, 4.69) is 31.9 Å². The van der Waals surface area contributed by atoms with Crippen LogP contribution in [0.25, 0.3) is 0 Å². The van der Waals surface area contributed by atoms with Crippen molar-refractivity contribution in [2.75, 3.05) is 13.7 Å². The highest BCUT2D eigenvalue weighted by Crippen LogP contribution is 2.29. The van der Waals surface area contributed by atoms with Gasteiger partial charge in [0.25, 0.3) is 0 Å². The second-order valence-corrected chi connectivity index (χ2v) is 4.94. The summed E-state index contributed by atoms with van der Waals surface area (Å²) in [5.41, 5.74) is 10.7. The molecule has 0 amide bonds. The van der Waals surface area contributed by atoms with E-state index in [9.17, 15) is 0 Å². The normalized spacial score (nSPS) is 12.4. The van der Waals surface area contributed by atoms with Gasteiger partial charge in [0.05, 0.1) is 18.8 Å². The minimum Gasteiger partial charge on any atom is -0.496 e. The maximum absolute atomic E-state index is 6.01. The molecule has 2 aromatic rings. The molecular weight excluding hydrogens is 250 g/mol. The third-order valence-electron chi connectivity index (χ3n) is 3.84. The Kier molecular flexibility index (Phi) is 4.45. The number of hydrogen-bond donors (Lipinski definition) is 1. The molecule has 1 heterocycles. The van der Waals surface area contributed by atoms with Crippen molar-refractivity contribution in [1.82, 2.24) is 9.78 Å².